The van der Waals surface area contributed by atoms with Gasteiger partial charge in [-0.2, -0.15) is 0 Å². The van der Waals surface area contributed by atoms with E-state index in [-0.39, 0.29) is 0 Å². The molecule has 0 unspecified atom stereocenters. The fraction of sp³-hybridized carbons (Fsp3) is 0.0175. The second-order valence-electron chi connectivity index (χ2n) is 15.9. The highest BCUT2D eigenvalue weighted by Gasteiger charge is 2.46. The van der Waals surface area contributed by atoms with Crippen molar-refractivity contribution < 1.29 is 8.83 Å². The maximum Gasteiger partial charge on any atom is 0.143 e. The molecule has 0 fully saturated rings. The van der Waals surface area contributed by atoms with E-state index in [0.717, 1.165) is 54.8 Å². The third-order valence-corrected chi connectivity index (χ3v) is 12.9. The van der Waals surface area contributed by atoms with Crippen LogP contribution in [0.3, 0.4) is 0 Å². The van der Waals surface area contributed by atoms with E-state index in [1.165, 1.54) is 66.2 Å². The van der Waals surface area contributed by atoms with E-state index in [9.17, 15) is 0 Å². The first-order valence-electron chi connectivity index (χ1n) is 20.3. The van der Waals surface area contributed by atoms with Crippen molar-refractivity contribution in [2.24, 2.45) is 0 Å². The molecule has 0 saturated carbocycles. The summed E-state index contributed by atoms with van der Waals surface area (Å²) in [6, 6.07) is 75.3. The summed E-state index contributed by atoms with van der Waals surface area (Å²) in [7, 11) is 0. The van der Waals surface area contributed by atoms with Crippen molar-refractivity contribution >= 4 is 65.4 Å². The third-order valence-electron chi connectivity index (χ3n) is 12.9. The van der Waals surface area contributed by atoms with Crippen molar-refractivity contribution in [3.05, 3.63) is 229 Å². The molecule has 2 aromatic heterocycles. The first kappa shape index (κ1) is 32.4. The standard InChI is InChI=1S/C57H34O2/c1-3-15-39(16-4-1)57(40-17-5-2-6-18-40)50-32-37(42-22-12-24-53-55(42)47-30-25-35-13-7-8-19-43(35)56(47)59-53)26-28-44(50)49-34-48-36(31-51(49)57)14-11-21-41(48)38-27-29-46-45-20-9-10-23-52(45)58-54(46)33-38/h1-34H. The maximum atomic E-state index is 6.68. The van der Waals surface area contributed by atoms with Crippen molar-refractivity contribution in [3.63, 3.8) is 0 Å². The monoisotopic (exact) mass is 750 g/mol. The summed E-state index contributed by atoms with van der Waals surface area (Å²) in [6.45, 7) is 0. The Morgan fingerprint density at radius 2 is 0.932 bits per heavy atom. The molecule has 1 aliphatic carbocycles. The lowest BCUT2D eigenvalue weighted by atomic mass is 9.67. The van der Waals surface area contributed by atoms with Crippen LogP contribution in [0.4, 0.5) is 0 Å². The molecule has 0 radical (unpaired) electrons. The number of para-hydroxylation sites is 1. The molecule has 10 aromatic carbocycles. The lowest BCUT2D eigenvalue weighted by molar-refractivity contribution is 0.669. The second kappa shape index (κ2) is 12.2. The van der Waals surface area contributed by atoms with Crippen LogP contribution in [0.2, 0.25) is 0 Å². The fourth-order valence-corrected chi connectivity index (χ4v) is 10.4. The van der Waals surface area contributed by atoms with Crippen molar-refractivity contribution in [3.8, 4) is 33.4 Å². The predicted molar refractivity (Wildman–Crippen MR) is 244 cm³/mol. The molecule has 0 atom stereocenters. The molecule has 2 heterocycles. The van der Waals surface area contributed by atoms with Gasteiger partial charge < -0.3 is 8.83 Å². The Morgan fingerprint density at radius 3 is 1.78 bits per heavy atom. The van der Waals surface area contributed by atoms with Crippen molar-refractivity contribution in [2.45, 2.75) is 5.41 Å². The Bertz CT molecular complexity index is 3620. The van der Waals surface area contributed by atoms with Gasteiger partial charge in [-0.15, -0.1) is 0 Å². The lowest BCUT2D eigenvalue weighted by Gasteiger charge is -2.34. The highest BCUT2D eigenvalue weighted by atomic mass is 16.3. The Hall–Kier alpha value is -7.68. The topological polar surface area (TPSA) is 26.3 Å². The minimum Gasteiger partial charge on any atom is -0.456 e. The SMILES string of the molecule is c1ccc(C2(c3ccccc3)c3cc(-c4cccc5oc6c7ccccc7ccc6c45)ccc3-c3cc4c(-c5ccc6c(c5)oc5ccccc56)cccc4cc32)cc1. The van der Waals surface area contributed by atoms with Gasteiger partial charge in [0, 0.05) is 26.9 Å². The molecule has 0 amide bonds. The van der Waals surface area contributed by atoms with Crippen LogP contribution >= 0.6 is 0 Å². The fourth-order valence-electron chi connectivity index (χ4n) is 10.4. The van der Waals surface area contributed by atoms with Crippen LogP contribution in [-0.2, 0) is 5.41 Å². The summed E-state index contributed by atoms with van der Waals surface area (Å²) in [4.78, 5) is 0. The van der Waals surface area contributed by atoms with E-state index in [1.54, 1.807) is 0 Å². The van der Waals surface area contributed by atoms with E-state index in [4.69, 9.17) is 8.83 Å². The van der Waals surface area contributed by atoms with Crippen LogP contribution in [0, 0.1) is 0 Å². The van der Waals surface area contributed by atoms with Crippen LogP contribution in [-0.4, -0.2) is 0 Å². The zero-order chi connectivity index (χ0) is 38.7. The molecular formula is C57H34O2. The van der Waals surface area contributed by atoms with Gasteiger partial charge in [-0.3, -0.25) is 0 Å². The van der Waals surface area contributed by atoms with E-state index in [1.807, 2.05) is 12.1 Å². The molecule has 1 aliphatic rings. The number of hydrogen-bond donors (Lipinski definition) is 0. The minimum atomic E-state index is -0.566. The number of furan rings is 2. The molecule has 0 saturated heterocycles. The van der Waals surface area contributed by atoms with Gasteiger partial charge in [-0.05, 0) is 120 Å². The third kappa shape index (κ3) is 4.51. The van der Waals surface area contributed by atoms with Gasteiger partial charge in [0.05, 0.1) is 5.41 Å². The van der Waals surface area contributed by atoms with E-state index in [2.05, 4.69) is 194 Å². The normalized spacial score (nSPS) is 13.2. The summed E-state index contributed by atoms with van der Waals surface area (Å²) < 4.78 is 13.1. The van der Waals surface area contributed by atoms with E-state index < -0.39 is 5.41 Å². The Kier molecular flexibility index (Phi) is 6.68. The van der Waals surface area contributed by atoms with E-state index in [0.29, 0.717) is 0 Å². The van der Waals surface area contributed by atoms with Crippen LogP contribution in [0.1, 0.15) is 22.3 Å². The van der Waals surface area contributed by atoms with Crippen LogP contribution < -0.4 is 0 Å². The minimum absolute atomic E-state index is 0.566. The first-order valence-corrected chi connectivity index (χ1v) is 20.3. The predicted octanol–water partition coefficient (Wildman–Crippen LogP) is 15.5. The zero-order valence-corrected chi connectivity index (χ0v) is 31.9. The van der Waals surface area contributed by atoms with Gasteiger partial charge in [0.1, 0.15) is 22.3 Å². The Morgan fingerprint density at radius 1 is 0.305 bits per heavy atom. The van der Waals surface area contributed by atoms with Gasteiger partial charge >= 0.3 is 0 Å². The molecule has 59 heavy (non-hydrogen) atoms. The molecule has 0 N–H and O–H groups in total. The zero-order valence-electron chi connectivity index (χ0n) is 31.9. The summed E-state index contributed by atoms with van der Waals surface area (Å²) in [5.41, 5.74) is 15.3. The molecule has 0 spiro atoms. The van der Waals surface area contributed by atoms with Gasteiger partial charge in [-0.1, -0.05) is 158 Å². The maximum absolute atomic E-state index is 6.68. The number of fused-ring (bicyclic) bond motifs is 12. The van der Waals surface area contributed by atoms with Crippen LogP contribution in [0.25, 0.3) is 98.8 Å². The quantitative estimate of drug-likeness (QED) is 0.179. The van der Waals surface area contributed by atoms with Crippen molar-refractivity contribution in [1.82, 2.24) is 0 Å². The molecule has 13 rings (SSSR count). The molecule has 12 aromatic rings. The van der Waals surface area contributed by atoms with Crippen LogP contribution in [0.5, 0.6) is 0 Å². The first-order chi connectivity index (χ1) is 29.2. The van der Waals surface area contributed by atoms with E-state index >= 15 is 0 Å². The van der Waals surface area contributed by atoms with Gasteiger partial charge in [0.25, 0.3) is 0 Å². The van der Waals surface area contributed by atoms with Gasteiger partial charge in [0.2, 0.25) is 0 Å². The number of hydrogen-bond acceptors (Lipinski definition) is 2. The van der Waals surface area contributed by atoms with Crippen molar-refractivity contribution in [1.29, 1.82) is 0 Å². The lowest BCUT2D eigenvalue weighted by Crippen LogP contribution is -2.28. The van der Waals surface area contributed by atoms with Crippen LogP contribution in [0.15, 0.2) is 215 Å². The molecule has 274 valence electrons. The highest BCUT2D eigenvalue weighted by Crippen LogP contribution is 2.58. The smallest absolute Gasteiger partial charge is 0.143 e. The summed E-state index contributed by atoms with van der Waals surface area (Å²) in [5, 5.41) is 9.29. The molecule has 2 nitrogen and oxygen atoms in total. The largest absolute Gasteiger partial charge is 0.456 e. The average molecular weight is 751 g/mol. The number of rotatable bonds is 4. The molecule has 0 bridgehead atoms. The molecule has 2 heteroatoms. The summed E-state index contributed by atoms with van der Waals surface area (Å²) in [6.07, 6.45) is 0. The Labute approximate surface area is 340 Å². The number of benzene rings is 10. The molecule has 0 aliphatic heterocycles. The molecular weight excluding hydrogens is 717 g/mol. The van der Waals surface area contributed by atoms with Gasteiger partial charge in [0.15, 0.2) is 0 Å². The summed E-state index contributed by atoms with van der Waals surface area (Å²) in [5.74, 6) is 0. The highest BCUT2D eigenvalue weighted by molar-refractivity contribution is 6.19. The van der Waals surface area contributed by atoms with Gasteiger partial charge in [-0.25, -0.2) is 0 Å². The Balaban J connectivity index is 1.09. The second-order valence-corrected chi connectivity index (χ2v) is 15.9. The average Bonchev–Trinajstić information content (AvgIpc) is 3.96. The summed E-state index contributed by atoms with van der Waals surface area (Å²) >= 11 is 0. The van der Waals surface area contributed by atoms with Crippen molar-refractivity contribution in [2.75, 3.05) is 0 Å².